The summed E-state index contributed by atoms with van der Waals surface area (Å²) < 4.78 is 45.2. The van der Waals surface area contributed by atoms with Crippen LogP contribution < -0.4 is 9.47 Å². The second-order valence-corrected chi connectivity index (χ2v) is 3.05. The van der Waals surface area contributed by atoms with Crippen LogP contribution in [-0.4, -0.2) is 31.0 Å². The third kappa shape index (κ3) is 3.54. The number of hydrogen-bond acceptors (Lipinski definition) is 3. The van der Waals surface area contributed by atoms with Gasteiger partial charge < -0.3 is 14.6 Å². The number of rotatable bonds is 4. The van der Waals surface area contributed by atoms with Gasteiger partial charge >= 0.3 is 12.1 Å². The molecule has 0 amide bonds. The van der Waals surface area contributed by atoms with E-state index < -0.39 is 24.5 Å². The van der Waals surface area contributed by atoms with Crippen molar-refractivity contribution in [3.05, 3.63) is 23.8 Å². The van der Waals surface area contributed by atoms with Crippen molar-refractivity contribution in [2.75, 3.05) is 13.7 Å². The van der Waals surface area contributed by atoms with Crippen LogP contribution in [0, 0.1) is 0 Å². The molecule has 0 aliphatic carbocycles. The summed E-state index contributed by atoms with van der Waals surface area (Å²) in [6.45, 7) is -1.58. The van der Waals surface area contributed by atoms with E-state index in [0.717, 1.165) is 6.07 Å². The van der Waals surface area contributed by atoms with E-state index in [1.807, 2.05) is 0 Å². The topological polar surface area (TPSA) is 55.8 Å². The number of methoxy groups -OCH3 is 1. The molecule has 0 unspecified atom stereocenters. The molecule has 1 aromatic rings. The molecule has 17 heavy (non-hydrogen) atoms. The van der Waals surface area contributed by atoms with Gasteiger partial charge in [0.25, 0.3) is 0 Å². The van der Waals surface area contributed by atoms with E-state index in [1.54, 1.807) is 0 Å². The first-order chi connectivity index (χ1) is 7.85. The summed E-state index contributed by atoms with van der Waals surface area (Å²) in [6.07, 6.45) is -4.55. The second-order valence-electron chi connectivity index (χ2n) is 3.05. The van der Waals surface area contributed by atoms with Crippen LogP contribution in [-0.2, 0) is 0 Å². The minimum Gasteiger partial charge on any atom is -0.493 e. The summed E-state index contributed by atoms with van der Waals surface area (Å²) in [6, 6.07) is 3.80. The standard InChI is InChI=1S/C10H9F3O4/c1-16-7-4-2-3-6(9(14)15)8(7)17-5-10(11,12)13/h2-4H,5H2,1H3,(H,14,15). The number of aromatic carboxylic acids is 1. The first-order valence-corrected chi connectivity index (χ1v) is 4.45. The Morgan fingerprint density at radius 1 is 1.41 bits per heavy atom. The molecule has 0 aromatic heterocycles. The van der Waals surface area contributed by atoms with Gasteiger partial charge in [-0.15, -0.1) is 0 Å². The maximum absolute atomic E-state index is 12.0. The monoisotopic (exact) mass is 250 g/mol. The van der Waals surface area contributed by atoms with Crippen LogP contribution in [0.1, 0.15) is 10.4 Å². The number of carboxylic acids is 1. The van der Waals surface area contributed by atoms with Crippen LogP contribution in [0.25, 0.3) is 0 Å². The normalized spacial score (nSPS) is 11.1. The summed E-state index contributed by atoms with van der Waals surface area (Å²) in [5, 5.41) is 8.80. The third-order valence-corrected chi connectivity index (χ3v) is 1.81. The van der Waals surface area contributed by atoms with Gasteiger partial charge in [0.05, 0.1) is 7.11 Å². The Bertz CT molecular complexity index is 415. The minimum atomic E-state index is -4.55. The second kappa shape index (κ2) is 4.94. The van der Waals surface area contributed by atoms with E-state index in [4.69, 9.17) is 9.84 Å². The molecular formula is C10H9F3O4. The van der Waals surface area contributed by atoms with Crippen LogP contribution in [0.4, 0.5) is 13.2 Å². The highest BCUT2D eigenvalue weighted by atomic mass is 19.4. The van der Waals surface area contributed by atoms with Crippen molar-refractivity contribution in [2.24, 2.45) is 0 Å². The molecule has 0 aliphatic heterocycles. The van der Waals surface area contributed by atoms with E-state index in [1.165, 1.54) is 19.2 Å². The van der Waals surface area contributed by atoms with Gasteiger partial charge in [-0.2, -0.15) is 13.2 Å². The Kier molecular flexibility index (Phi) is 3.82. The lowest BCUT2D eigenvalue weighted by Crippen LogP contribution is -2.20. The molecule has 0 heterocycles. The molecule has 4 nitrogen and oxygen atoms in total. The van der Waals surface area contributed by atoms with Gasteiger partial charge in [-0.1, -0.05) is 6.07 Å². The summed E-state index contributed by atoms with van der Waals surface area (Å²) >= 11 is 0. The lowest BCUT2D eigenvalue weighted by Gasteiger charge is -2.14. The molecule has 1 aromatic carbocycles. The molecule has 0 atom stereocenters. The van der Waals surface area contributed by atoms with Gasteiger partial charge in [-0.25, -0.2) is 4.79 Å². The zero-order valence-electron chi connectivity index (χ0n) is 8.75. The molecule has 0 saturated heterocycles. The molecule has 0 saturated carbocycles. The number of halogens is 3. The number of carboxylic acid groups (broad SMARTS) is 1. The molecule has 0 fully saturated rings. The highest BCUT2D eigenvalue weighted by Gasteiger charge is 2.30. The van der Waals surface area contributed by atoms with Crippen molar-refractivity contribution in [3.63, 3.8) is 0 Å². The van der Waals surface area contributed by atoms with Crippen molar-refractivity contribution in [1.29, 1.82) is 0 Å². The maximum Gasteiger partial charge on any atom is 0.422 e. The quantitative estimate of drug-likeness (QED) is 0.891. The molecule has 0 aliphatic rings. The van der Waals surface area contributed by atoms with Gasteiger partial charge in [-0.05, 0) is 12.1 Å². The molecule has 7 heteroatoms. The van der Waals surface area contributed by atoms with Crippen molar-refractivity contribution >= 4 is 5.97 Å². The summed E-state index contributed by atoms with van der Waals surface area (Å²) in [5.41, 5.74) is -0.381. The number of hydrogen-bond donors (Lipinski definition) is 1. The lowest BCUT2D eigenvalue weighted by molar-refractivity contribution is -0.153. The zero-order valence-corrected chi connectivity index (χ0v) is 8.75. The first-order valence-electron chi connectivity index (χ1n) is 4.45. The Morgan fingerprint density at radius 3 is 2.53 bits per heavy atom. The lowest BCUT2D eigenvalue weighted by atomic mass is 10.2. The van der Waals surface area contributed by atoms with E-state index in [0.29, 0.717) is 0 Å². The van der Waals surface area contributed by atoms with Crippen LogP contribution >= 0.6 is 0 Å². The third-order valence-electron chi connectivity index (χ3n) is 1.81. The van der Waals surface area contributed by atoms with Gasteiger partial charge in [0, 0.05) is 0 Å². The Hall–Kier alpha value is -1.92. The fourth-order valence-corrected chi connectivity index (χ4v) is 1.15. The molecule has 0 spiro atoms. The van der Waals surface area contributed by atoms with Crippen LogP contribution in [0.15, 0.2) is 18.2 Å². The number of carbonyl (C=O) groups is 1. The van der Waals surface area contributed by atoms with Crippen molar-refractivity contribution < 1.29 is 32.5 Å². The first kappa shape index (κ1) is 13.1. The SMILES string of the molecule is COc1cccc(C(=O)O)c1OCC(F)(F)F. The molecule has 94 valence electrons. The zero-order chi connectivity index (χ0) is 13.1. The Labute approximate surface area is 94.6 Å². The minimum absolute atomic E-state index is 0.0610. The summed E-state index contributed by atoms with van der Waals surface area (Å²) in [4.78, 5) is 10.8. The van der Waals surface area contributed by atoms with Gasteiger partial charge in [0.15, 0.2) is 18.1 Å². The Morgan fingerprint density at radius 2 is 2.06 bits per heavy atom. The van der Waals surface area contributed by atoms with E-state index in [-0.39, 0.29) is 11.3 Å². The van der Waals surface area contributed by atoms with Gasteiger partial charge in [0.1, 0.15) is 5.56 Å². The smallest absolute Gasteiger partial charge is 0.422 e. The number of benzene rings is 1. The largest absolute Gasteiger partial charge is 0.493 e. The van der Waals surface area contributed by atoms with Crippen molar-refractivity contribution in [2.45, 2.75) is 6.18 Å². The van der Waals surface area contributed by atoms with Crippen LogP contribution in [0.3, 0.4) is 0 Å². The fraction of sp³-hybridized carbons (Fsp3) is 0.300. The molecule has 0 radical (unpaired) electrons. The molecule has 0 bridgehead atoms. The number of para-hydroxylation sites is 1. The molecule has 1 rings (SSSR count). The predicted octanol–water partition coefficient (Wildman–Crippen LogP) is 2.33. The van der Waals surface area contributed by atoms with E-state index in [2.05, 4.69) is 4.74 Å². The highest BCUT2D eigenvalue weighted by Crippen LogP contribution is 2.32. The average Bonchev–Trinajstić information content (AvgIpc) is 2.24. The van der Waals surface area contributed by atoms with E-state index in [9.17, 15) is 18.0 Å². The van der Waals surface area contributed by atoms with Crippen molar-refractivity contribution in [3.8, 4) is 11.5 Å². The van der Waals surface area contributed by atoms with Gasteiger partial charge in [0.2, 0.25) is 0 Å². The van der Waals surface area contributed by atoms with Crippen LogP contribution in [0.5, 0.6) is 11.5 Å². The number of ether oxygens (including phenoxy) is 2. The highest BCUT2D eigenvalue weighted by molar-refractivity contribution is 5.92. The number of alkyl halides is 3. The van der Waals surface area contributed by atoms with Crippen molar-refractivity contribution in [1.82, 2.24) is 0 Å². The maximum atomic E-state index is 12.0. The predicted molar refractivity (Wildman–Crippen MR) is 51.5 cm³/mol. The summed E-state index contributed by atoms with van der Waals surface area (Å²) in [7, 11) is 1.21. The summed E-state index contributed by atoms with van der Waals surface area (Å²) in [5.74, 6) is -1.88. The average molecular weight is 250 g/mol. The molecule has 1 N–H and O–H groups in total. The molecular weight excluding hydrogens is 241 g/mol. The van der Waals surface area contributed by atoms with Gasteiger partial charge in [-0.3, -0.25) is 0 Å². The Balaban J connectivity index is 3.05. The van der Waals surface area contributed by atoms with E-state index >= 15 is 0 Å². The van der Waals surface area contributed by atoms with Crippen LogP contribution in [0.2, 0.25) is 0 Å². The fourth-order valence-electron chi connectivity index (χ4n) is 1.15.